The molecule has 2 rings (SSSR count). The van der Waals surface area contributed by atoms with Gasteiger partial charge in [-0.15, -0.1) is 0 Å². The van der Waals surface area contributed by atoms with Crippen LogP contribution >= 0.6 is 0 Å². The Labute approximate surface area is 112 Å². The van der Waals surface area contributed by atoms with E-state index in [2.05, 4.69) is 0 Å². The molecule has 5 heteroatoms. The van der Waals surface area contributed by atoms with E-state index in [0.717, 1.165) is 0 Å². The van der Waals surface area contributed by atoms with Gasteiger partial charge in [-0.2, -0.15) is 0 Å². The number of nitrogens with two attached hydrogens (primary N) is 1. The molecule has 4 nitrogen and oxygen atoms in total. The Kier molecular flexibility index (Phi) is 4.17. The Bertz CT molecular complexity index is 467. The summed E-state index contributed by atoms with van der Waals surface area (Å²) < 4.78 is 18.9. The first-order valence-corrected chi connectivity index (χ1v) is 6.36. The Balaban J connectivity index is 2.13. The highest BCUT2D eigenvalue weighted by Gasteiger charge is 2.35. The number of nitrogens with zero attached hydrogens (tertiary/aromatic N) is 1. The Morgan fingerprint density at radius 1 is 1.47 bits per heavy atom. The van der Waals surface area contributed by atoms with Crippen molar-refractivity contribution in [1.29, 1.82) is 0 Å². The van der Waals surface area contributed by atoms with Crippen LogP contribution in [0.15, 0.2) is 24.3 Å². The quantitative estimate of drug-likeness (QED) is 0.897. The van der Waals surface area contributed by atoms with Crippen molar-refractivity contribution in [1.82, 2.24) is 4.90 Å². The van der Waals surface area contributed by atoms with Gasteiger partial charge < -0.3 is 15.4 Å². The van der Waals surface area contributed by atoms with Crippen molar-refractivity contribution in [3.05, 3.63) is 35.6 Å². The monoisotopic (exact) mass is 266 g/mol. The number of hydrogen-bond acceptors (Lipinski definition) is 3. The highest BCUT2D eigenvalue weighted by atomic mass is 19.1. The zero-order valence-electron chi connectivity index (χ0n) is 11.2. The molecule has 1 amide bonds. The van der Waals surface area contributed by atoms with Crippen LogP contribution in [0.1, 0.15) is 18.5 Å². The van der Waals surface area contributed by atoms with Gasteiger partial charge in [-0.1, -0.05) is 18.2 Å². The van der Waals surface area contributed by atoms with E-state index in [-0.39, 0.29) is 29.7 Å². The molecule has 0 saturated carbocycles. The van der Waals surface area contributed by atoms with Crippen LogP contribution in [-0.2, 0) is 9.53 Å². The first-order valence-electron chi connectivity index (χ1n) is 6.36. The molecule has 19 heavy (non-hydrogen) atoms. The summed E-state index contributed by atoms with van der Waals surface area (Å²) in [5, 5.41) is 0. The first-order chi connectivity index (χ1) is 9.02. The van der Waals surface area contributed by atoms with E-state index >= 15 is 0 Å². The third-order valence-corrected chi connectivity index (χ3v) is 3.73. The van der Waals surface area contributed by atoms with Crippen LogP contribution in [-0.4, -0.2) is 37.1 Å². The lowest BCUT2D eigenvalue weighted by Gasteiger charge is -2.28. The molecule has 0 aromatic heterocycles. The molecule has 1 fully saturated rings. The Hall–Kier alpha value is -1.46. The number of carbonyl (C=O) groups is 1. The minimum Gasteiger partial charge on any atom is -0.379 e. The summed E-state index contributed by atoms with van der Waals surface area (Å²) >= 11 is 0. The van der Waals surface area contributed by atoms with Gasteiger partial charge in [0.15, 0.2) is 0 Å². The molecule has 0 aliphatic carbocycles. The molecule has 3 atom stereocenters. The van der Waals surface area contributed by atoms with E-state index in [1.54, 1.807) is 32.2 Å². The predicted octanol–water partition coefficient (Wildman–Crippen LogP) is 1.32. The minimum atomic E-state index is -0.334. The first kappa shape index (κ1) is 14.0. The average molecular weight is 266 g/mol. The highest BCUT2D eigenvalue weighted by Crippen LogP contribution is 2.24. The summed E-state index contributed by atoms with van der Waals surface area (Å²) in [7, 11) is 1.67. The van der Waals surface area contributed by atoms with Gasteiger partial charge >= 0.3 is 0 Å². The normalized spacial score (nSPS) is 24.2. The summed E-state index contributed by atoms with van der Waals surface area (Å²) in [6.45, 7) is 2.55. The predicted molar refractivity (Wildman–Crippen MR) is 69.9 cm³/mol. The van der Waals surface area contributed by atoms with Crippen molar-refractivity contribution in [2.75, 3.05) is 20.3 Å². The largest absolute Gasteiger partial charge is 0.379 e. The van der Waals surface area contributed by atoms with Gasteiger partial charge in [0.2, 0.25) is 5.91 Å². The molecule has 1 aromatic rings. The van der Waals surface area contributed by atoms with Gasteiger partial charge in [-0.05, 0) is 13.0 Å². The lowest BCUT2D eigenvalue weighted by atomic mass is 10.0. The maximum atomic E-state index is 13.7. The number of rotatable bonds is 3. The molecule has 3 unspecified atom stereocenters. The Morgan fingerprint density at radius 2 is 2.16 bits per heavy atom. The van der Waals surface area contributed by atoms with Crippen molar-refractivity contribution in [3.63, 3.8) is 0 Å². The van der Waals surface area contributed by atoms with Crippen molar-refractivity contribution in [3.8, 4) is 0 Å². The fourth-order valence-electron chi connectivity index (χ4n) is 2.30. The summed E-state index contributed by atoms with van der Waals surface area (Å²) in [5.41, 5.74) is 6.35. The second-order valence-corrected chi connectivity index (χ2v) is 4.95. The zero-order chi connectivity index (χ0) is 14.0. The molecule has 0 bridgehead atoms. The van der Waals surface area contributed by atoms with Crippen LogP contribution in [0.3, 0.4) is 0 Å². The number of benzene rings is 1. The second kappa shape index (κ2) is 5.67. The van der Waals surface area contributed by atoms with Gasteiger partial charge in [0, 0.05) is 18.7 Å². The maximum absolute atomic E-state index is 13.7. The molecule has 0 radical (unpaired) electrons. The molecule has 0 spiro atoms. The molecular formula is C14H19FN2O2. The van der Waals surface area contributed by atoms with E-state index in [4.69, 9.17) is 10.5 Å². The lowest BCUT2D eigenvalue weighted by molar-refractivity contribution is -0.136. The SMILES string of the molecule is CC(c1ccccc1F)N(C)C(=O)C1COCC1N. The summed E-state index contributed by atoms with van der Waals surface area (Å²) in [4.78, 5) is 13.9. The summed E-state index contributed by atoms with van der Waals surface area (Å²) in [6, 6.07) is 5.87. The average Bonchev–Trinajstić information content (AvgIpc) is 2.83. The number of hydrogen-bond donors (Lipinski definition) is 1. The fraction of sp³-hybridized carbons (Fsp3) is 0.500. The minimum absolute atomic E-state index is 0.0965. The van der Waals surface area contributed by atoms with Crippen molar-refractivity contribution < 1.29 is 13.9 Å². The van der Waals surface area contributed by atoms with Crippen molar-refractivity contribution in [2.24, 2.45) is 11.7 Å². The van der Waals surface area contributed by atoms with Crippen LogP contribution in [0.5, 0.6) is 0 Å². The standard InChI is InChI=1S/C14H19FN2O2/c1-9(10-5-3-4-6-12(10)15)17(2)14(18)11-7-19-8-13(11)16/h3-6,9,11,13H,7-8,16H2,1-2H3. The van der Waals surface area contributed by atoms with E-state index in [1.807, 2.05) is 0 Å². The highest BCUT2D eigenvalue weighted by molar-refractivity contribution is 5.80. The summed E-state index contributed by atoms with van der Waals surface area (Å²) in [5.74, 6) is -0.735. The lowest BCUT2D eigenvalue weighted by Crippen LogP contribution is -2.42. The molecule has 1 aliphatic rings. The topological polar surface area (TPSA) is 55.6 Å². The van der Waals surface area contributed by atoms with Crippen LogP contribution in [0.2, 0.25) is 0 Å². The van der Waals surface area contributed by atoms with Gasteiger partial charge in [0.1, 0.15) is 5.82 Å². The molecule has 1 heterocycles. The molecule has 1 aromatic carbocycles. The number of carbonyl (C=O) groups excluding carboxylic acids is 1. The van der Waals surface area contributed by atoms with E-state index in [1.165, 1.54) is 11.0 Å². The van der Waals surface area contributed by atoms with Crippen molar-refractivity contribution in [2.45, 2.75) is 19.0 Å². The van der Waals surface area contributed by atoms with Gasteiger partial charge in [0.25, 0.3) is 0 Å². The second-order valence-electron chi connectivity index (χ2n) is 4.95. The zero-order valence-corrected chi connectivity index (χ0v) is 11.2. The number of ether oxygens (including phenoxy) is 1. The molecular weight excluding hydrogens is 247 g/mol. The van der Waals surface area contributed by atoms with Crippen LogP contribution in [0.25, 0.3) is 0 Å². The summed E-state index contributed by atoms with van der Waals surface area (Å²) in [6.07, 6.45) is 0. The third-order valence-electron chi connectivity index (χ3n) is 3.73. The molecule has 2 N–H and O–H groups in total. The van der Waals surface area contributed by atoms with Crippen LogP contribution in [0, 0.1) is 11.7 Å². The van der Waals surface area contributed by atoms with E-state index < -0.39 is 0 Å². The molecule has 1 saturated heterocycles. The fourth-order valence-corrected chi connectivity index (χ4v) is 2.30. The van der Waals surface area contributed by atoms with Gasteiger partial charge in [-0.25, -0.2) is 4.39 Å². The Morgan fingerprint density at radius 3 is 2.74 bits per heavy atom. The van der Waals surface area contributed by atoms with E-state index in [9.17, 15) is 9.18 Å². The maximum Gasteiger partial charge on any atom is 0.229 e. The van der Waals surface area contributed by atoms with Gasteiger partial charge in [0.05, 0.1) is 25.2 Å². The number of amides is 1. The third kappa shape index (κ3) is 2.77. The van der Waals surface area contributed by atoms with Crippen LogP contribution < -0.4 is 5.73 Å². The smallest absolute Gasteiger partial charge is 0.229 e. The molecule has 104 valence electrons. The van der Waals surface area contributed by atoms with E-state index in [0.29, 0.717) is 18.8 Å². The van der Waals surface area contributed by atoms with Crippen molar-refractivity contribution >= 4 is 5.91 Å². The number of halogens is 1. The molecule has 1 aliphatic heterocycles. The van der Waals surface area contributed by atoms with Gasteiger partial charge in [-0.3, -0.25) is 4.79 Å². The van der Waals surface area contributed by atoms with Crippen LogP contribution in [0.4, 0.5) is 4.39 Å².